The van der Waals surface area contributed by atoms with Gasteiger partial charge in [0.2, 0.25) is 0 Å². The second-order valence-electron chi connectivity index (χ2n) is 5.16. The van der Waals surface area contributed by atoms with Crippen molar-refractivity contribution in [3.8, 4) is 0 Å². The zero-order valence-electron chi connectivity index (χ0n) is 11.3. The lowest BCUT2D eigenvalue weighted by Crippen LogP contribution is -2.42. The molecule has 0 spiro atoms. The standard InChI is InChI=1S/C14H18ClN3O2/c1-8-5-9(7-10(15)6-8)14(19)17-12-4-2-3-11(12)13(16)18-20/h5-7,11-12,20H,2-4H2,1H3,(H2,16,18)(H,17,19). The van der Waals surface area contributed by atoms with Crippen molar-refractivity contribution < 1.29 is 10.0 Å². The maximum Gasteiger partial charge on any atom is 0.251 e. The van der Waals surface area contributed by atoms with Crippen LogP contribution in [0, 0.1) is 12.8 Å². The van der Waals surface area contributed by atoms with E-state index in [-0.39, 0.29) is 23.7 Å². The lowest BCUT2D eigenvalue weighted by molar-refractivity contribution is 0.0933. The fraction of sp³-hybridized carbons (Fsp3) is 0.429. The molecule has 0 bridgehead atoms. The Kier molecular flexibility index (Phi) is 4.49. The molecule has 0 saturated heterocycles. The molecule has 6 heteroatoms. The highest BCUT2D eigenvalue weighted by Crippen LogP contribution is 2.26. The van der Waals surface area contributed by atoms with Crippen molar-refractivity contribution in [1.29, 1.82) is 0 Å². The van der Waals surface area contributed by atoms with E-state index in [1.807, 2.05) is 6.92 Å². The average Bonchev–Trinajstić information content (AvgIpc) is 2.84. The van der Waals surface area contributed by atoms with Gasteiger partial charge >= 0.3 is 0 Å². The van der Waals surface area contributed by atoms with Gasteiger partial charge in [-0.25, -0.2) is 0 Å². The number of rotatable bonds is 3. The molecule has 1 saturated carbocycles. The summed E-state index contributed by atoms with van der Waals surface area (Å²) in [6.07, 6.45) is 2.59. The third kappa shape index (κ3) is 3.22. The van der Waals surface area contributed by atoms with Gasteiger partial charge < -0.3 is 16.3 Å². The summed E-state index contributed by atoms with van der Waals surface area (Å²) in [7, 11) is 0. The van der Waals surface area contributed by atoms with Crippen LogP contribution in [-0.4, -0.2) is 23.0 Å². The Morgan fingerprint density at radius 1 is 1.45 bits per heavy atom. The van der Waals surface area contributed by atoms with Crippen molar-refractivity contribution in [2.45, 2.75) is 32.2 Å². The quantitative estimate of drug-likeness (QED) is 0.346. The van der Waals surface area contributed by atoms with E-state index in [2.05, 4.69) is 10.5 Å². The molecule has 0 aliphatic heterocycles. The number of nitrogens with one attached hydrogen (secondary N) is 1. The lowest BCUT2D eigenvalue weighted by Gasteiger charge is -2.20. The molecule has 2 rings (SSSR count). The summed E-state index contributed by atoms with van der Waals surface area (Å²) in [5.74, 6) is -0.113. The van der Waals surface area contributed by atoms with Gasteiger partial charge in [0.15, 0.2) is 0 Å². The number of oxime groups is 1. The van der Waals surface area contributed by atoms with E-state index < -0.39 is 0 Å². The molecule has 1 aromatic carbocycles. The molecular formula is C14H18ClN3O2. The predicted molar refractivity (Wildman–Crippen MR) is 78.2 cm³/mol. The van der Waals surface area contributed by atoms with Crippen molar-refractivity contribution in [2.24, 2.45) is 16.8 Å². The molecule has 2 atom stereocenters. The first-order chi connectivity index (χ1) is 9.51. The molecule has 1 aliphatic rings. The van der Waals surface area contributed by atoms with Gasteiger partial charge in [-0.1, -0.05) is 23.2 Å². The van der Waals surface area contributed by atoms with Crippen LogP contribution in [0.4, 0.5) is 0 Å². The van der Waals surface area contributed by atoms with Crippen molar-refractivity contribution in [2.75, 3.05) is 0 Å². The number of carbonyl (C=O) groups excluding carboxylic acids is 1. The Hall–Kier alpha value is -1.75. The maximum absolute atomic E-state index is 12.2. The van der Waals surface area contributed by atoms with Crippen LogP contribution in [0.2, 0.25) is 5.02 Å². The van der Waals surface area contributed by atoms with Crippen LogP contribution >= 0.6 is 11.6 Å². The smallest absolute Gasteiger partial charge is 0.251 e. The highest BCUT2D eigenvalue weighted by molar-refractivity contribution is 6.31. The highest BCUT2D eigenvalue weighted by atomic mass is 35.5. The number of amidine groups is 1. The van der Waals surface area contributed by atoms with Crippen LogP contribution in [0.1, 0.15) is 35.2 Å². The van der Waals surface area contributed by atoms with Gasteiger partial charge in [-0.2, -0.15) is 0 Å². The number of aryl methyl sites for hydroxylation is 1. The first-order valence-electron chi connectivity index (χ1n) is 6.56. The van der Waals surface area contributed by atoms with E-state index in [0.29, 0.717) is 10.6 Å². The fourth-order valence-electron chi connectivity index (χ4n) is 2.68. The summed E-state index contributed by atoms with van der Waals surface area (Å²) in [6.45, 7) is 1.89. The topological polar surface area (TPSA) is 87.7 Å². The van der Waals surface area contributed by atoms with Gasteiger partial charge in [0.25, 0.3) is 5.91 Å². The number of nitrogens with zero attached hydrogens (tertiary/aromatic N) is 1. The van der Waals surface area contributed by atoms with Crippen LogP contribution in [0.5, 0.6) is 0 Å². The zero-order chi connectivity index (χ0) is 14.7. The number of hydrogen-bond donors (Lipinski definition) is 3. The molecule has 20 heavy (non-hydrogen) atoms. The van der Waals surface area contributed by atoms with Gasteiger partial charge in [0.05, 0.1) is 0 Å². The minimum absolute atomic E-state index is 0.0994. The normalized spacial score (nSPS) is 22.8. The molecule has 5 nitrogen and oxygen atoms in total. The Morgan fingerprint density at radius 3 is 2.85 bits per heavy atom. The van der Waals surface area contributed by atoms with E-state index in [1.165, 1.54) is 0 Å². The Morgan fingerprint density at radius 2 is 2.20 bits per heavy atom. The number of nitrogens with two attached hydrogens (primary N) is 1. The first kappa shape index (κ1) is 14.7. The summed E-state index contributed by atoms with van der Waals surface area (Å²) in [5, 5.41) is 15.3. The molecule has 108 valence electrons. The molecule has 0 radical (unpaired) electrons. The van der Waals surface area contributed by atoms with Gasteiger partial charge in [0, 0.05) is 22.5 Å². The SMILES string of the molecule is Cc1cc(Cl)cc(C(=O)NC2CCCC2/C(N)=N/O)c1. The van der Waals surface area contributed by atoms with Crippen molar-refractivity contribution in [3.05, 3.63) is 34.3 Å². The van der Waals surface area contributed by atoms with Crippen LogP contribution in [0.15, 0.2) is 23.4 Å². The number of carbonyl (C=O) groups is 1. The largest absolute Gasteiger partial charge is 0.409 e. The van der Waals surface area contributed by atoms with E-state index in [1.54, 1.807) is 18.2 Å². The summed E-state index contributed by atoms with van der Waals surface area (Å²) < 4.78 is 0. The first-order valence-corrected chi connectivity index (χ1v) is 6.94. The summed E-state index contributed by atoms with van der Waals surface area (Å²) in [4.78, 5) is 12.2. The monoisotopic (exact) mass is 295 g/mol. The average molecular weight is 296 g/mol. The van der Waals surface area contributed by atoms with Crippen LogP contribution in [0.3, 0.4) is 0 Å². The van der Waals surface area contributed by atoms with Crippen molar-refractivity contribution >= 4 is 23.3 Å². The fourth-order valence-corrected chi connectivity index (χ4v) is 2.97. The molecule has 1 amide bonds. The number of amides is 1. The van der Waals surface area contributed by atoms with Crippen molar-refractivity contribution in [3.63, 3.8) is 0 Å². The van der Waals surface area contributed by atoms with Gasteiger partial charge in [-0.3, -0.25) is 4.79 Å². The van der Waals surface area contributed by atoms with E-state index in [0.717, 1.165) is 24.8 Å². The number of hydrogen-bond acceptors (Lipinski definition) is 3. The molecule has 0 heterocycles. The second-order valence-corrected chi connectivity index (χ2v) is 5.60. The third-order valence-electron chi connectivity index (χ3n) is 3.63. The lowest BCUT2D eigenvalue weighted by atomic mass is 10.0. The number of benzene rings is 1. The predicted octanol–water partition coefficient (Wildman–Crippen LogP) is 2.29. The third-order valence-corrected chi connectivity index (χ3v) is 3.85. The van der Waals surface area contributed by atoms with Gasteiger partial charge in [-0.05, 0) is 43.5 Å². The highest BCUT2D eigenvalue weighted by Gasteiger charge is 2.31. The molecule has 4 N–H and O–H groups in total. The number of halogens is 1. The molecule has 1 aromatic rings. The Labute approximate surface area is 122 Å². The van der Waals surface area contributed by atoms with Crippen molar-refractivity contribution in [1.82, 2.24) is 5.32 Å². The minimum atomic E-state index is -0.182. The second kappa shape index (κ2) is 6.13. The molecule has 0 aromatic heterocycles. The molecule has 1 aliphatic carbocycles. The molecule has 1 fully saturated rings. The molecular weight excluding hydrogens is 278 g/mol. The Bertz CT molecular complexity index is 525. The van der Waals surface area contributed by atoms with Gasteiger partial charge in [0.1, 0.15) is 5.84 Å². The summed E-state index contributed by atoms with van der Waals surface area (Å²) >= 11 is 5.96. The van der Waals surface area contributed by atoms with E-state index in [4.69, 9.17) is 22.5 Å². The molecule has 2 unspecified atom stereocenters. The zero-order valence-corrected chi connectivity index (χ0v) is 12.0. The minimum Gasteiger partial charge on any atom is -0.409 e. The summed E-state index contributed by atoms with van der Waals surface area (Å²) in [6, 6.07) is 5.12. The van der Waals surface area contributed by atoms with E-state index in [9.17, 15) is 4.79 Å². The van der Waals surface area contributed by atoms with Crippen LogP contribution in [-0.2, 0) is 0 Å². The van der Waals surface area contributed by atoms with Crippen LogP contribution in [0.25, 0.3) is 0 Å². The maximum atomic E-state index is 12.2. The van der Waals surface area contributed by atoms with Gasteiger partial charge in [-0.15, -0.1) is 0 Å². The summed E-state index contributed by atoms with van der Waals surface area (Å²) in [5.41, 5.74) is 7.12. The Balaban J connectivity index is 2.11. The van der Waals surface area contributed by atoms with E-state index >= 15 is 0 Å². The van der Waals surface area contributed by atoms with Crippen LogP contribution < -0.4 is 11.1 Å².